The van der Waals surface area contributed by atoms with E-state index in [1.165, 1.54) is 0 Å². The number of hydrogen-bond acceptors (Lipinski definition) is 6. The summed E-state index contributed by atoms with van der Waals surface area (Å²) in [7, 11) is 0. The molecular weight excluding hydrogens is 371 g/mol. The van der Waals surface area contributed by atoms with Gasteiger partial charge in [-0.2, -0.15) is 9.98 Å². The van der Waals surface area contributed by atoms with E-state index >= 15 is 0 Å². The Morgan fingerprint density at radius 2 is 1.04 bits per heavy atom. The van der Waals surface area contributed by atoms with Crippen LogP contribution in [0.4, 0.5) is 11.4 Å². The molecule has 0 aliphatic carbocycles. The summed E-state index contributed by atoms with van der Waals surface area (Å²) in [5.74, 6) is 0. The second kappa shape index (κ2) is 14.8. The van der Waals surface area contributed by atoms with Crippen molar-refractivity contribution in [3.8, 4) is 0 Å². The quantitative estimate of drug-likeness (QED) is 0.249. The molecule has 2 aromatic rings. The molecule has 0 atom stereocenters. The molecule has 25 heavy (non-hydrogen) atoms. The fraction of sp³-hybridized carbons (Fsp3) is 0.133. The van der Waals surface area contributed by atoms with E-state index in [1.807, 2.05) is 60.7 Å². The summed E-state index contributed by atoms with van der Waals surface area (Å²) in [4.78, 5) is 25.0. The Morgan fingerprint density at radius 3 is 1.28 bits per heavy atom. The number of hydrogen-bond donors (Lipinski definition) is 0. The minimum absolute atomic E-state index is 0.500. The first-order chi connectivity index (χ1) is 12.0. The van der Waals surface area contributed by atoms with Gasteiger partial charge in [-0.3, -0.25) is 20.2 Å². The minimum Gasteiger partial charge on any atom is -0.263 e. The summed E-state index contributed by atoms with van der Waals surface area (Å²) in [5, 5.41) is 18.1. The highest BCUT2D eigenvalue weighted by molar-refractivity contribution is 6.17. The van der Waals surface area contributed by atoms with Crippen molar-refractivity contribution in [3.05, 3.63) is 80.9 Å². The number of nitrogens with zero attached hydrogens (tertiary/aromatic N) is 4. The molecule has 0 unspecified atom stereocenters. The third kappa shape index (κ3) is 14.5. The summed E-state index contributed by atoms with van der Waals surface area (Å²) < 4.78 is 0. The highest BCUT2D eigenvalue weighted by Gasteiger charge is 1.83. The van der Waals surface area contributed by atoms with Crippen molar-refractivity contribution in [2.45, 2.75) is 0 Å². The largest absolute Gasteiger partial charge is 0.276 e. The van der Waals surface area contributed by atoms with E-state index in [0.717, 1.165) is 11.4 Å². The van der Waals surface area contributed by atoms with Crippen LogP contribution in [0.25, 0.3) is 0 Å². The molecule has 0 fully saturated rings. The van der Waals surface area contributed by atoms with E-state index in [1.54, 1.807) is 0 Å². The standard InChI is InChI=1S/C13H10N2.2CH2ClNO2/c1-3-7-12(8-4-1)14-11-15-13-9-5-2-6-10-13;2*2-1-3(4)5/h1-10H;2*1H2. The SMILES string of the molecule is C(=Nc1ccccc1)=Nc1ccccc1.O=[N+]([O-])CCl.O=[N+]([O-])CCl. The van der Waals surface area contributed by atoms with Gasteiger partial charge in [0, 0.05) is 9.85 Å². The fourth-order valence-corrected chi connectivity index (χ4v) is 1.15. The van der Waals surface area contributed by atoms with E-state index < -0.39 is 21.9 Å². The summed E-state index contributed by atoms with van der Waals surface area (Å²) >= 11 is 9.27. The molecule has 0 N–H and O–H groups in total. The van der Waals surface area contributed by atoms with Crippen molar-refractivity contribution >= 4 is 40.6 Å². The molecule has 0 saturated carbocycles. The van der Waals surface area contributed by atoms with Crippen LogP contribution >= 0.6 is 23.2 Å². The Kier molecular flexibility index (Phi) is 13.1. The van der Waals surface area contributed by atoms with Crippen LogP contribution in [0.3, 0.4) is 0 Å². The number of alkyl halides is 2. The van der Waals surface area contributed by atoms with Gasteiger partial charge >= 0.3 is 0 Å². The van der Waals surface area contributed by atoms with E-state index in [2.05, 4.69) is 39.2 Å². The zero-order chi connectivity index (χ0) is 18.9. The van der Waals surface area contributed by atoms with Crippen LogP contribution in [0.15, 0.2) is 70.6 Å². The molecule has 132 valence electrons. The van der Waals surface area contributed by atoms with Gasteiger partial charge in [-0.15, -0.1) is 0 Å². The lowest BCUT2D eigenvalue weighted by Crippen LogP contribution is -1.89. The van der Waals surface area contributed by atoms with Crippen LogP contribution < -0.4 is 0 Å². The minimum atomic E-state index is -0.610. The number of nitro groups is 2. The molecule has 2 aromatic carbocycles. The first-order valence-electron chi connectivity index (χ1n) is 6.61. The molecular formula is C15H14Cl2N4O4. The van der Waals surface area contributed by atoms with E-state index in [9.17, 15) is 0 Å². The van der Waals surface area contributed by atoms with E-state index in [0.29, 0.717) is 0 Å². The number of benzene rings is 2. The first-order valence-corrected chi connectivity index (χ1v) is 7.68. The molecule has 0 heterocycles. The van der Waals surface area contributed by atoms with Gasteiger partial charge in [0.15, 0.2) is 0 Å². The van der Waals surface area contributed by atoms with Crippen molar-refractivity contribution in [1.29, 1.82) is 0 Å². The van der Waals surface area contributed by atoms with Crippen LogP contribution in [0.5, 0.6) is 0 Å². The van der Waals surface area contributed by atoms with Crippen molar-refractivity contribution in [3.63, 3.8) is 0 Å². The van der Waals surface area contributed by atoms with Crippen LogP contribution in [0.1, 0.15) is 0 Å². The highest BCUT2D eigenvalue weighted by Crippen LogP contribution is 2.10. The molecule has 0 bridgehead atoms. The number of halogens is 2. The van der Waals surface area contributed by atoms with Gasteiger partial charge in [0.25, 0.3) is 12.0 Å². The molecule has 0 aliphatic rings. The monoisotopic (exact) mass is 384 g/mol. The lowest BCUT2D eigenvalue weighted by atomic mass is 10.3. The van der Waals surface area contributed by atoms with Crippen LogP contribution in [-0.4, -0.2) is 27.9 Å². The summed E-state index contributed by atoms with van der Waals surface area (Å²) in [6.45, 7) is 0. The van der Waals surface area contributed by atoms with Crippen molar-refractivity contribution in [2.75, 3.05) is 12.0 Å². The molecule has 8 nitrogen and oxygen atoms in total. The van der Waals surface area contributed by atoms with E-state index in [-0.39, 0.29) is 0 Å². The van der Waals surface area contributed by atoms with Gasteiger partial charge in [0.05, 0.1) is 11.4 Å². The zero-order valence-electron chi connectivity index (χ0n) is 12.9. The smallest absolute Gasteiger partial charge is 0.263 e. The van der Waals surface area contributed by atoms with Gasteiger partial charge in [-0.05, 0) is 47.5 Å². The van der Waals surface area contributed by atoms with Gasteiger partial charge in [0.2, 0.25) is 0 Å². The molecule has 2 rings (SSSR count). The van der Waals surface area contributed by atoms with Crippen molar-refractivity contribution in [1.82, 2.24) is 0 Å². The average molecular weight is 385 g/mol. The lowest BCUT2D eigenvalue weighted by molar-refractivity contribution is -0.459. The summed E-state index contributed by atoms with van der Waals surface area (Å²) in [6.07, 6.45) is 0. The Hall–Kier alpha value is -2.80. The van der Waals surface area contributed by atoms with Crippen molar-refractivity contribution in [2.24, 2.45) is 9.98 Å². The predicted molar refractivity (Wildman–Crippen MR) is 97.5 cm³/mol. The third-order valence-corrected chi connectivity index (χ3v) is 2.46. The molecule has 0 spiro atoms. The molecule has 0 amide bonds. The van der Waals surface area contributed by atoms with Crippen LogP contribution in [0.2, 0.25) is 0 Å². The van der Waals surface area contributed by atoms with Gasteiger partial charge in [0.1, 0.15) is 6.01 Å². The molecule has 0 radical (unpaired) electrons. The van der Waals surface area contributed by atoms with E-state index in [4.69, 9.17) is 20.2 Å². The maximum atomic E-state index is 9.04. The van der Waals surface area contributed by atoms with Crippen molar-refractivity contribution < 1.29 is 9.85 Å². The van der Waals surface area contributed by atoms with Gasteiger partial charge < -0.3 is 0 Å². The van der Waals surface area contributed by atoms with Crippen LogP contribution in [0, 0.1) is 20.2 Å². The second-order valence-corrected chi connectivity index (χ2v) is 4.38. The highest BCUT2D eigenvalue weighted by atomic mass is 35.5. The molecule has 0 aliphatic heterocycles. The Bertz CT molecular complexity index is 636. The molecule has 0 aromatic heterocycles. The Balaban J connectivity index is 0.000000480. The first kappa shape index (κ1) is 22.2. The van der Waals surface area contributed by atoms with Gasteiger partial charge in [-0.25, -0.2) is 0 Å². The summed E-state index contributed by atoms with van der Waals surface area (Å²) in [5.41, 5.74) is 1.72. The topological polar surface area (TPSA) is 111 Å². The predicted octanol–water partition coefficient (Wildman–Crippen LogP) is 4.74. The third-order valence-electron chi connectivity index (χ3n) is 2.07. The molecule has 10 heteroatoms. The number of aliphatic imine (C=N–C) groups is 2. The summed E-state index contributed by atoms with van der Waals surface area (Å²) in [6, 6.07) is 20.9. The van der Waals surface area contributed by atoms with Crippen LogP contribution in [-0.2, 0) is 0 Å². The normalized spacial score (nSPS) is 8.40. The fourth-order valence-electron chi connectivity index (χ4n) is 1.15. The van der Waals surface area contributed by atoms with Gasteiger partial charge in [-0.1, -0.05) is 36.4 Å². The number of rotatable bonds is 4. The number of para-hydroxylation sites is 2. The Morgan fingerprint density at radius 1 is 0.760 bits per heavy atom. The second-order valence-electron chi connectivity index (χ2n) is 3.90. The zero-order valence-corrected chi connectivity index (χ0v) is 14.4. The average Bonchev–Trinajstić information content (AvgIpc) is 2.64. The Labute approximate surface area is 153 Å². The molecule has 0 saturated heterocycles. The maximum Gasteiger partial charge on any atom is 0.276 e. The lowest BCUT2D eigenvalue weighted by Gasteiger charge is -1.87. The maximum absolute atomic E-state index is 9.04.